The largest absolute Gasteiger partial charge is 0.481 e. The molecule has 0 saturated carbocycles. The van der Waals surface area contributed by atoms with Crippen molar-refractivity contribution in [2.75, 3.05) is 31.6 Å². The summed E-state index contributed by atoms with van der Waals surface area (Å²) < 4.78 is 0. The van der Waals surface area contributed by atoms with E-state index in [1.54, 1.807) is 0 Å². The maximum Gasteiger partial charge on any atom is 0.306 e. The summed E-state index contributed by atoms with van der Waals surface area (Å²) >= 11 is 0. The molecule has 1 aromatic rings. The Morgan fingerprint density at radius 1 is 1.36 bits per heavy atom. The summed E-state index contributed by atoms with van der Waals surface area (Å²) in [6.07, 6.45) is 3.96. The second kappa shape index (κ2) is 8.18. The first kappa shape index (κ1) is 16.8. The fourth-order valence-corrected chi connectivity index (χ4v) is 3.01. The van der Waals surface area contributed by atoms with E-state index in [9.17, 15) is 4.79 Å². The first-order valence-electron chi connectivity index (χ1n) is 8.35. The molecule has 1 N–H and O–H groups in total. The summed E-state index contributed by atoms with van der Waals surface area (Å²) in [5.41, 5.74) is 2.58. The van der Waals surface area contributed by atoms with E-state index in [2.05, 4.69) is 48.0 Å². The SMILES string of the molecule is CCCCN(C)c1cccc(CN2CCC(C(=O)O)CC2)c1. The molecule has 4 heteroatoms. The number of benzene rings is 1. The Labute approximate surface area is 133 Å². The summed E-state index contributed by atoms with van der Waals surface area (Å²) in [6.45, 7) is 5.98. The normalized spacial score (nSPS) is 16.6. The molecule has 0 aromatic heterocycles. The molecule has 1 fully saturated rings. The number of nitrogens with zero attached hydrogens (tertiary/aromatic N) is 2. The van der Waals surface area contributed by atoms with E-state index in [0.29, 0.717) is 0 Å². The molecular formula is C18H28N2O2. The van der Waals surface area contributed by atoms with Crippen molar-refractivity contribution in [1.29, 1.82) is 0 Å². The number of likely N-dealkylation sites (tertiary alicyclic amines) is 1. The van der Waals surface area contributed by atoms with E-state index >= 15 is 0 Å². The van der Waals surface area contributed by atoms with Crippen LogP contribution in [0.4, 0.5) is 5.69 Å². The number of hydrogen-bond acceptors (Lipinski definition) is 3. The zero-order chi connectivity index (χ0) is 15.9. The van der Waals surface area contributed by atoms with E-state index in [1.165, 1.54) is 24.1 Å². The van der Waals surface area contributed by atoms with Crippen LogP contribution >= 0.6 is 0 Å². The first-order valence-corrected chi connectivity index (χ1v) is 8.35. The van der Waals surface area contributed by atoms with Gasteiger partial charge in [0.25, 0.3) is 0 Å². The van der Waals surface area contributed by atoms with Crippen molar-refractivity contribution in [2.45, 2.75) is 39.2 Å². The molecule has 0 amide bonds. The van der Waals surface area contributed by atoms with Gasteiger partial charge in [0.05, 0.1) is 5.92 Å². The molecule has 0 spiro atoms. The van der Waals surface area contributed by atoms with Crippen LogP contribution in [0.2, 0.25) is 0 Å². The predicted octanol–water partition coefficient (Wildman–Crippen LogP) is 3.22. The molecule has 1 heterocycles. The molecule has 0 atom stereocenters. The predicted molar refractivity (Wildman–Crippen MR) is 90.3 cm³/mol. The maximum absolute atomic E-state index is 11.0. The molecule has 22 heavy (non-hydrogen) atoms. The summed E-state index contributed by atoms with van der Waals surface area (Å²) in [6, 6.07) is 8.71. The Bertz CT molecular complexity index is 482. The molecule has 0 aliphatic carbocycles. The van der Waals surface area contributed by atoms with Gasteiger partial charge in [-0.1, -0.05) is 25.5 Å². The van der Waals surface area contributed by atoms with Gasteiger partial charge in [-0.05, 0) is 50.0 Å². The summed E-state index contributed by atoms with van der Waals surface area (Å²) in [5.74, 6) is -0.790. The van der Waals surface area contributed by atoms with E-state index in [0.717, 1.165) is 39.0 Å². The van der Waals surface area contributed by atoms with Crippen LogP contribution in [-0.4, -0.2) is 42.7 Å². The lowest BCUT2D eigenvalue weighted by molar-refractivity contribution is -0.143. The number of piperidine rings is 1. The van der Waals surface area contributed by atoms with E-state index in [4.69, 9.17) is 5.11 Å². The van der Waals surface area contributed by atoms with Gasteiger partial charge in [0.1, 0.15) is 0 Å². The molecule has 2 rings (SSSR count). The van der Waals surface area contributed by atoms with Gasteiger partial charge in [0.2, 0.25) is 0 Å². The van der Waals surface area contributed by atoms with Gasteiger partial charge >= 0.3 is 5.97 Å². The topological polar surface area (TPSA) is 43.8 Å². The van der Waals surface area contributed by atoms with Gasteiger partial charge in [-0.25, -0.2) is 0 Å². The number of anilines is 1. The molecule has 0 bridgehead atoms. The van der Waals surface area contributed by atoms with Crippen LogP contribution in [0, 0.1) is 5.92 Å². The lowest BCUT2D eigenvalue weighted by atomic mass is 9.97. The second-order valence-corrected chi connectivity index (χ2v) is 6.33. The summed E-state index contributed by atoms with van der Waals surface area (Å²) in [5, 5.41) is 9.06. The quantitative estimate of drug-likeness (QED) is 0.840. The van der Waals surface area contributed by atoms with Gasteiger partial charge in [-0.2, -0.15) is 0 Å². The minimum absolute atomic E-state index is 0.150. The zero-order valence-electron chi connectivity index (χ0n) is 13.8. The van der Waals surface area contributed by atoms with Crippen molar-refractivity contribution in [3.8, 4) is 0 Å². The van der Waals surface area contributed by atoms with Crippen molar-refractivity contribution in [2.24, 2.45) is 5.92 Å². The molecule has 0 unspecified atom stereocenters. The van der Waals surface area contributed by atoms with Crippen molar-refractivity contribution in [1.82, 2.24) is 4.90 Å². The van der Waals surface area contributed by atoms with Crippen LogP contribution in [0.3, 0.4) is 0 Å². The Morgan fingerprint density at radius 3 is 2.73 bits per heavy atom. The van der Waals surface area contributed by atoms with Gasteiger partial charge in [0.15, 0.2) is 0 Å². The number of aliphatic carboxylic acids is 1. The number of unbranched alkanes of at least 4 members (excludes halogenated alkanes) is 1. The second-order valence-electron chi connectivity index (χ2n) is 6.33. The smallest absolute Gasteiger partial charge is 0.306 e. The van der Waals surface area contributed by atoms with E-state index < -0.39 is 5.97 Å². The van der Waals surface area contributed by atoms with Crippen LogP contribution in [0.15, 0.2) is 24.3 Å². The summed E-state index contributed by atoms with van der Waals surface area (Å²) in [7, 11) is 2.15. The van der Waals surface area contributed by atoms with Crippen molar-refractivity contribution < 1.29 is 9.90 Å². The molecule has 1 aromatic carbocycles. The molecular weight excluding hydrogens is 276 g/mol. The average Bonchev–Trinajstić information content (AvgIpc) is 2.53. The van der Waals surface area contributed by atoms with Crippen LogP contribution in [-0.2, 0) is 11.3 Å². The number of carbonyl (C=O) groups is 1. The average molecular weight is 304 g/mol. The third kappa shape index (κ3) is 4.73. The van der Waals surface area contributed by atoms with Crippen molar-refractivity contribution >= 4 is 11.7 Å². The third-order valence-electron chi connectivity index (χ3n) is 4.54. The van der Waals surface area contributed by atoms with Crippen LogP contribution < -0.4 is 4.90 Å². The van der Waals surface area contributed by atoms with E-state index in [-0.39, 0.29) is 5.92 Å². The molecule has 1 aliphatic rings. The lowest BCUT2D eigenvalue weighted by Gasteiger charge is -2.30. The highest BCUT2D eigenvalue weighted by Crippen LogP contribution is 2.21. The minimum Gasteiger partial charge on any atom is -0.481 e. The minimum atomic E-state index is -0.640. The third-order valence-corrected chi connectivity index (χ3v) is 4.54. The standard InChI is InChI=1S/C18H28N2O2/c1-3-4-10-19(2)17-7-5-6-15(13-17)14-20-11-8-16(9-12-20)18(21)22/h5-7,13,16H,3-4,8-12,14H2,1-2H3,(H,21,22). The Kier molecular flexibility index (Phi) is 6.25. The summed E-state index contributed by atoms with van der Waals surface area (Å²) in [4.78, 5) is 15.7. The Morgan fingerprint density at radius 2 is 2.09 bits per heavy atom. The lowest BCUT2D eigenvalue weighted by Crippen LogP contribution is -2.35. The maximum atomic E-state index is 11.0. The van der Waals surface area contributed by atoms with Crippen LogP contribution in [0.1, 0.15) is 38.2 Å². The molecule has 4 nitrogen and oxygen atoms in total. The first-order chi connectivity index (χ1) is 10.6. The fourth-order valence-electron chi connectivity index (χ4n) is 3.01. The number of hydrogen-bond donors (Lipinski definition) is 1. The molecule has 1 aliphatic heterocycles. The van der Waals surface area contributed by atoms with Gasteiger partial charge < -0.3 is 10.0 Å². The molecule has 122 valence electrons. The molecule has 0 radical (unpaired) electrons. The van der Waals surface area contributed by atoms with Crippen LogP contribution in [0.5, 0.6) is 0 Å². The fraction of sp³-hybridized carbons (Fsp3) is 0.611. The van der Waals surface area contributed by atoms with Crippen molar-refractivity contribution in [3.05, 3.63) is 29.8 Å². The number of rotatable bonds is 7. The van der Waals surface area contributed by atoms with E-state index in [1.807, 2.05) is 0 Å². The number of carboxylic acid groups (broad SMARTS) is 1. The Balaban J connectivity index is 1.89. The van der Waals surface area contributed by atoms with Crippen LogP contribution in [0.25, 0.3) is 0 Å². The van der Waals surface area contributed by atoms with Gasteiger partial charge in [-0.3, -0.25) is 9.69 Å². The molecule has 1 saturated heterocycles. The highest BCUT2D eigenvalue weighted by atomic mass is 16.4. The zero-order valence-corrected chi connectivity index (χ0v) is 13.8. The monoisotopic (exact) mass is 304 g/mol. The van der Waals surface area contributed by atoms with Gasteiger partial charge in [-0.15, -0.1) is 0 Å². The highest BCUT2D eigenvalue weighted by molar-refractivity contribution is 5.70. The van der Waals surface area contributed by atoms with Gasteiger partial charge in [0, 0.05) is 25.8 Å². The Hall–Kier alpha value is -1.55. The highest BCUT2D eigenvalue weighted by Gasteiger charge is 2.24. The van der Waals surface area contributed by atoms with Crippen molar-refractivity contribution in [3.63, 3.8) is 0 Å². The number of carboxylic acids is 1.